The van der Waals surface area contributed by atoms with E-state index in [0.29, 0.717) is 18.9 Å². The molecule has 127 valence electrons. The number of nitrogens with two attached hydrogens (primary N) is 1. The van der Waals surface area contributed by atoms with Crippen molar-refractivity contribution in [3.63, 3.8) is 0 Å². The van der Waals surface area contributed by atoms with Gasteiger partial charge in [0.05, 0.1) is 12.6 Å². The van der Waals surface area contributed by atoms with Gasteiger partial charge in [0.2, 0.25) is 0 Å². The van der Waals surface area contributed by atoms with Crippen molar-refractivity contribution < 1.29 is 18.6 Å². The van der Waals surface area contributed by atoms with Crippen molar-refractivity contribution in [2.24, 2.45) is 5.73 Å². The maximum absolute atomic E-state index is 11.9. The highest BCUT2D eigenvalue weighted by molar-refractivity contribution is 8.76. The van der Waals surface area contributed by atoms with E-state index in [-0.39, 0.29) is 24.8 Å². The Balaban J connectivity index is 2.54. The third-order valence-corrected chi connectivity index (χ3v) is 5.89. The van der Waals surface area contributed by atoms with Crippen LogP contribution < -0.4 is 5.73 Å². The van der Waals surface area contributed by atoms with Gasteiger partial charge in [-0.25, -0.2) is 0 Å². The lowest BCUT2D eigenvalue weighted by molar-refractivity contribution is -0.0174. The molecule has 0 aromatic heterocycles. The van der Waals surface area contributed by atoms with Crippen molar-refractivity contribution >= 4 is 36.9 Å². The molecule has 0 saturated carbocycles. The first-order valence-electron chi connectivity index (χ1n) is 7.29. The summed E-state index contributed by atoms with van der Waals surface area (Å²) in [5, 5.41) is 0.727. The minimum absolute atomic E-state index is 0.0927. The van der Waals surface area contributed by atoms with Gasteiger partial charge in [-0.3, -0.25) is 0 Å². The molecule has 5 nitrogen and oxygen atoms in total. The van der Waals surface area contributed by atoms with Crippen molar-refractivity contribution in [3.05, 3.63) is 11.4 Å². The Labute approximate surface area is 148 Å². The quantitative estimate of drug-likeness (QED) is 0.166. The normalized spacial score (nSPS) is 25.0. The highest BCUT2D eigenvalue weighted by Gasteiger charge is 2.38. The van der Waals surface area contributed by atoms with Crippen LogP contribution in [0.25, 0.3) is 0 Å². The number of allylic oxidation sites excluding steroid dienone is 2. The van der Waals surface area contributed by atoms with E-state index in [1.807, 2.05) is 13.2 Å². The molecule has 4 atom stereocenters. The zero-order chi connectivity index (χ0) is 17.1. The van der Waals surface area contributed by atoms with Crippen molar-refractivity contribution in [2.75, 3.05) is 25.3 Å². The summed E-state index contributed by atoms with van der Waals surface area (Å²) in [5.74, 6) is 6.24. The summed E-state index contributed by atoms with van der Waals surface area (Å²) < 4.78 is 29.1. The van der Waals surface area contributed by atoms with Gasteiger partial charge in [-0.15, -0.1) is 10.4 Å². The number of ether oxygens (including phenoxy) is 2. The van der Waals surface area contributed by atoms with Crippen LogP contribution in [0.2, 0.25) is 0 Å². The molecule has 2 N–H and O–H groups in total. The van der Waals surface area contributed by atoms with E-state index in [1.54, 1.807) is 41.9 Å². The van der Waals surface area contributed by atoms with Gasteiger partial charge in [0.15, 0.2) is 5.31 Å². The molecule has 0 amide bonds. The molecule has 1 radical (unpaired) electrons. The molecule has 1 saturated heterocycles. The zero-order valence-electron chi connectivity index (χ0n) is 13.7. The van der Waals surface area contributed by atoms with Crippen LogP contribution in [0.15, 0.2) is 11.4 Å². The summed E-state index contributed by atoms with van der Waals surface area (Å²) in [6.45, 7) is 4.19. The van der Waals surface area contributed by atoms with E-state index in [4.69, 9.17) is 19.7 Å². The van der Waals surface area contributed by atoms with Crippen molar-refractivity contribution in [1.82, 2.24) is 0 Å². The lowest BCUT2D eigenvalue weighted by Crippen LogP contribution is -2.28. The van der Waals surface area contributed by atoms with Crippen LogP contribution in [0, 0.1) is 11.7 Å². The average Bonchev–Trinajstić information content (AvgIpc) is 2.94. The van der Waals surface area contributed by atoms with Gasteiger partial charge >= 0.3 is 8.03 Å². The number of hydrogen-bond donors (Lipinski definition) is 1. The van der Waals surface area contributed by atoms with E-state index in [9.17, 15) is 4.57 Å². The van der Waals surface area contributed by atoms with Crippen LogP contribution >= 0.6 is 29.6 Å². The summed E-state index contributed by atoms with van der Waals surface area (Å²) in [6.07, 6.45) is 4.16. The molecule has 0 spiro atoms. The Hall–Kier alpha value is 0.00494. The Morgan fingerprint density at radius 3 is 3.04 bits per heavy atom. The zero-order valence-corrected chi connectivity index (χ0v) is 16.2. The lowest BCUT2D eigenvalue weighted by Gasteiger charge is -2.16. The number of hydrogen-bond acceptors (Lipinski definition) is 7. The Morgan fingerprint density at radius 1 is 1.61 bits per heavy atom. The molecule has 0 bridgehead atoms. The summed E-state index contributed by atoms with van der Waals surface area (Å²) in [4.78, 5) is 0. The molecule has 1 aliphatic heterocycles. The second-order valence-corrected chi connectivity index (χ2v) is 8.72. The van der Waals surface area contributed by atoms with E-state index >= 15 is 0 Å². The minimum Gasteiger partial charge on any atom is -0.377 e. The third-order valence-electron chi connectivity index (χ3n) is 3.21. The third kappa shape index (κ3) is 8.08. The molecule has 23 heavy (non-hydrogen) atoms. The molecular weight excluding hydrogens is 352 g/mol. The maximum Gasteiger partial charge on any atom is 0.543 e. The fourth-order valence-electron chi connectivity index (χ4n) is 1.90. The van der Waals surface area contributed by atoms with E-state index in [1.165, 1.54) is 0 Å². The molecule has 0 aromatic carbocycles. The van der Waals surface area contributed by atoms with Gasteiger partial charge in [0.1, 0.15) is 18.6 Å². The Morgan fingerprint density at radius 2 is 2.39 bits per heavy atom. The molecule has 1 rings (SSSR count). The molecule has 1 aliphatic rings. The molecular formula is C14H23BNO4PS2+. The van der Waals surface area contributed by atoms with E-state index in [2.05, 4.69) is 11.7 Å². The standard InChI is InChI=1S/C14H23BNO4PS2/c1-4-11(2)21(17)19-9-13-12(18-10-23-22-3)8-14(20-13)15-6-5-7-16/h4,12-14H,7-10,16H2,1-3H3/q+1/t12-,13?,14-/m1/s1. The van der Waals surface area contributed by atoms with Crippen molar-refractivity contribution in [2.45, 2.75) is 38.5 Å². The Kier molecular flexibility index (Phi) is 11.3. The summed E-state index contributed by atoms with van der Waals surface area (Å²) >= 11 is 0. The first-order chi connectivity index (χ1) is 11.1. The van der Waals surface area contributed by atoms with Crippen LogP contribution in [0.4, 0.5) is 0 Å². The van der Waals surface area contributed by atoms with Gasteiger partial charge in [0, 0.05) is 12.9 Å². The lowest BCUT2D eigenvalue weighted by atomic mass is 9.71. The predicted molar refractivity (Wildman–Crippen MR) is 99.7 cm³/mol. The average molecular weight is 375 g/mol. The molecule has 1 heterocycles. The molecule has 0 aromatic rings. The van der Waals surface area contributed by atoms with Crippen LogP contribution in [0.3, 0.4) is 0 Å². The number of rotatable bonds is 9. The molecule has 9 heteroatoms. The van der Waals surface area contributed by atoms with Gasteiger partial charge in [-0.2, -0.15) is 5.82 Å². The van der Waals surface area contributed by atoms with Crippen LogP contribution in [-0.2, 0) is 18.6 Å². The molecule has 0 aliphatic carbocycles. The first kappa shape index (κ1) is 21.0. The monoisotopic (exact) mass is 375 g/mol. The minimum atomic E-state index is -1.81. The van der Waals surface area contributed by atoms with Gasteiger partial charge in [-0.1, -0.05) is 21.6 Å². The topological polar surface area (TPSA) is 70.8 Å². The first-order valence-corrected chi connectivity index (χ1v) is 11.2. The maximum atomic E-state index is 11.9. The largest absolute Gasteiger partial charge is 0.543 e. The van der Waals surface area contributed by atoms with Gasteiger partial charge in [-0.05, 0) is 30.2 Å². The Bertz CT molecular complexity index is 469. The summed E-state index contributed by atoms with van der Waals surface area (Å²) in [5.41, 5.74) is 5.35. The highest BCUT2D eigenvalue weighted by Crippen LogP contribution is 2.35. The SMILES string of the molecule is CC=C(C)[P+](=O)OCC1O[C@@H]([B]C#CCN)C[C@H]1OCSSC. The van der Waals surface area contributed by atoms with Crippen LogP contribution in [-0.4, -0.2) is 50.8 Å². The second kappa shape index (κ2) is 12.4. The fourth-order valence-corrected chi connectivity index (χ4v) is 3.38. The summed E-state index contributed by atoms with van der Waals surface area (Å²) in [6, 6.07) is -0.118. The smallest absolute Gasteiger partial charge is 0.377 e. The summed E-state index contributed by atoms with van der Waals surface area (Å²) in [7, 11) is 3.26. The second-order valence-electron chi connectivity index (χ2n) is 4.73. The highest BCUT2D eigenvalue weighted by atomic mass is 33.1. The van der Waals surface area contributed by atoms with Crippen LogP contribution in [0.1, 0.15) is 20.3 Å². The van der Waals surface area contributed by atoms with Gasteiger partial charge < -0.3 is 15.2 Å². The van der Waals surface area contributed by atoms with Crippen molar-refractivity contribution in [1.29, 1.82) is 0 Å². The van der Waals surface area contributed by atoms with Crippen LogP contribution in [0.5, 0.6) is 0 Å². The van der Waals surface area contributed by atoms with Crippen molar-refractivity contribution in [3.8, 4) is 11.7 Å². The van der Waals surface area contributed by atoms with E-state index < -0.39 is 8.03 Å². The van der Waals surface area contributed by atoms with E-state index in [0.717, 1.165) is 5.31 Å². The fraction of sp³-hybridized carbons (Fsp3) is 0.714. The van der Waals surface area contributed by atoms with Gasteiger partial charge in [0.25, 0.3) is 7.28 Å². The predicted octanol–water partition coefficient (Wildman–Crippen LogP) is 2.76. The molecule has 1 fully saturated rings. The molecule has 2 unspecified atom stereocenters.